The molecule has 2 heterocycles. The molecule has 0 amide bonds. The van der Waals surface area contributed by atoms with E-state index in [4.69, 9.17) is 9.47 Å². The van der Waals surface area contributed by atoms with Gasteiger partial charge in [0.15, 0.2) is 5.96 Å². The predicted molar refractivity (Wildman–Crippen MR) is 108 cm³/mol. The Balaban J connectivity index is 0.00000208. The molecule has 2 N–H and O–H groups in total. The topological polar surface area (TPSA) is 54.9 Å². The molecular formula is C18H28IN3O2. The molecule has 3 rings (SSSR count). The van der Waals surface area contributed by atoms with Crippen molar-refractivity contribution in [2.75, 3.05) is 20.2 Å². The molecule has 2 saturated heterocycles. The van der Waals surface area contributed by atoms with Gasteiger partial charge in [-0.2, -0.15) is 0 Å². The van der Waals surface area contributed by atoms with E-state index in [0.29, 0.717) is 31.4 Å². The van der Waals surface area contributed by atoms with Crippen molar-refractivity contribution in [3.8, 4) is 5.75 Å². The monoisotopic (exact) mass is 445 g/mol. The second-order valence-corrected chi connectivity index (χ2v) is 6.53. The average molecular weight is 445 g/mol. The number of fused-ring (bicyclic) bond motifs is 2. The van der Waals surface area contributed by atoms with Crippen LogP contribution in [0.3, 0.4) is 0 Å². The van der Waals surface area contributed by atoms with Gasteiger partial charge >= 0.3 is 0 Å². The molecule has 0 radical (unpaired) electrons. The molecular weight excluding hydrogens is 417 g/mol. The zero-order valence-electron chi connectivity index (χ0n) is 14.7. The molecule has 1 aromatic rings. The molecule has 134 valence electrons. The normalized spacial score (nSPS) is 25.3. The van der Waals surface area contributed by atoms with Crippen LogP contribution in [-0.2, 0) is 4.74 Å². The van der Waals surface area contributed by atoms with Crippen molar-refractivity contribution >= 4 is 29.9 Å². The number of hydrogen-bond donors (Lipinski definition) is 2. The quantitative estimate of drug-likeness (QED) is 0.317. The number of aliphatic imine (C=N–C) groups is 1. The van der Waals surface area contributed by atoms with Crippen LogP contribution in [-0.4, -0.2) is 44.4 Å². The Morgan fingerprint density at radius 3 is 2.58 bits per heavy atom. The number of guanidine groups is 1. The van der Waals surface area contributed by atoms with Gasteiger partial charge in [-0.05, 0) is 56.4 Å². The highest BCUT2D eigenvalue weighted by Gasteiger charge is 2.41. The first-order valence-electron chi connectivity index (χ1n) is 8.48. The van der Waals surface area contributed by atoms with Gasteiger partial charge in [0.2, 0.25) is 0 Å². The summed E-state index contributed by atoms with van der Waals surface area (Å²) in [6.45, 7) is 5.49. The van der Waals surface area contributed by atoms with Gasteiger partial charge in [-0.1, -0.05) is 6.07 Å². The van der Waals surface area contributed by atoms with Gasteiger partial charge in [-0.3, -0.25) is 4.99 Å². The number of ether oxygens (including phenoxy) is 2. The molecule has 6 heteroatoms. The minimum atomic E-state index is 0. The molecule has 0 saturated carbocycles. The SMILES string of the molecule is CN=C(NCCOc1cc(C)cc(C)c1)NC1CC2CCC1O2.I. The Morgan fingerprint density at radius 2 is 2.00 bits per heavy atom. The molecule has 0 aliphatic carbocycles. The maximum absolute atomic E-state index is 5.87. The fraction of sp³-hybridized carbons (Fsp3) is 0.611. The molecule has 2 aliphatic heterocycles. The lowest BCUT2D eigenvalue weighted by atomic mass is 9.96. The summed E-state index contributed by atoms with van der Waals surface area (Å²) in [7, 11) is 1.80. The molecule has 2 fully saturated rings. The van der Waals surface area contributed by atoms with E-state index in [1.807, 2.05) is 0 Å². The van der Waals surface area contributed by atoms with Crippen LogP contribution < -0.4 is 15.4 Å². The van der Waals surface area contributed by atoms with Gasteiger partial charge < -0.3 is 20.1 Å². The first-order chi connectivity index (χ1) is 11.1. The second kappa shape index (κ2) is 8.89. The summed E-state index contributed by atoms with van der Waals surface area (Å²) in [5.41, 5.74) is 2.45. The fourth-order valence-corrected chi connectivity index (χ4v) is 3.51. The number of benzene rings is 1. The Kier molecular flexibility index (Phi) is 7.16. The van der Waals surface area contributed by atoms with Gasteiger partial charge in [0.05, 0.1) is 24.8 Å². The Morgan fingerprint density at radius 1 is 1.25 bits per heavy atom. The molecule has 0 spiro atoms. The molecule has 2 bridgehead atoms. The molecule has 3 unspecified atom stereocenters. The Bertz CT molecular complexity index is 559. The highest BCUT2D eigenvalue weighted by molar-refractivity contribution is 14.0. The lowest BCUT2D eigenvalue weighted by molar-refractivity contribution is 0.0992. The molecule has 0 aromatic heterocycles. The van der Waals surface area contributed by atoms with Crippen LogP contribution in [0.2, 0.25) is 0 Å². The van der Waals surface area contributed by atoms with E-state index in [0.717, 1.165) is 24.6 Å². The van der Waals surface area contributed by atoms with Crippen molar-refractivity contribution in [2.24, 2.45) is 4.99 Å². The van der Waals surface area contributed by atoms with Crippen molar-refractivity contribution < 1.29 is 9.47 Å². The minimum absolute atomic E-state index is 0. The van der Waals surface area contributed by atoms with Crippen LogP contribution in [0.15, 0.2) is 23.2 Å². The van der Waals surface area contributed by atoms with E-state index in [1.165, 1.54) is 17.5 Å². The van der Waals surface area contributed by atoms with Crippen LogP contribution in [0.1, 0.15) is 30.4 Å². The van der Waals surface area contributed by atoms with Gasteiger partial charge in [-0.25, -0.2) is 0 Å². The Hall–Kier alpha value is -1.02. The maximum atomic E-state index is 5.87. The van der Waals surface area contributed by atoms with Gasteiger partial charge in [0.1, 0.15) is 12.4 Å². The molecule has 1 aromatic carbocycles. The smallest absolute Gasteiger partial charge is 0.191 e. The third-order valence-corrected chi connectivity index (χ3v) is 4.51. The lowest BCUT2D eigenvalue weighted by Gasteiger charge is -2.22. The van der Waals surface area contributed by atoms with Crippen LogP contribution in [0.5, 0.6) is 5.75 Å². The zero-order chi connectivity index (χ0) is 16.2. The van der Waals surface area contributed by atoms with Gasteiger partial charge in [0.25, 0.3) is 0 Å². The molecule has 2 aliphatic rings. The standard InChI is InChI=1S/C18H27N3O2.HI/c1-12-8-13(2)10-15(9-12)22-7-6-20-18(19-3)21-16-11-14-4-5-17(16)23-14;/h8-10,14,16-17H,4-7,11H2,1-3H3,(H2,19,20,21);1H. The summed E-state index contributed by atoms with van der Waals surface area (Å²) in [4.78, 5) is 4.29. The first-order valence-corrected chi connectivity index (χ1v) is 8.48. The number of hydrogen-bond acceptors (Lipinski definition) is 3. The van der Waals surface area contributed by atoms with Crippen LogP contribution in [0.25, 0.3) is 0 Å². The van der Waals surface area contributed by atoms with Crippen molar-refractivity contribution in [3.63, 3.8) is 0 Å². The summed E-state index contributed by atoms with van der Waals surface area (Å²) in [5.74, 6) is 1.75. The van der Waals surface area contributed by atoms with Crippen molar-refractivity contribution in [1.29, 1.82) is 0 Å². The van der Waals surface area contributed by atoms with Gasteiger partial charge in [-0.15, -0.1) is 24.0 Å². The number of rotatable bonds is 5. The third kappa shape index (κ3) is 4.99. The van der Waals surface area contributed by atoms with Crippen molar-refractivity contribution in [2.45, 2.75) is 51.4 Å². The third-order valence-electron chi connectivity index (χ3n) is 4.51. The lowest BCUT2D eigenvalue weighted by Crippen LogP contribution is -2.48. The van der Waals surface area contributed by atoms with E-state index in [2.05, 4.69) is 47.7 Å². The highest BCUT2D eigenvalue weighted by atomic mass is 127. The highest BCUT2D eigenvalue weighted by Crippen LogP contribution is 2.34. The van der Waals surface area contributed by atoms with Crippen molar-refractivity contribution in [1.82, 2.24) is 10.6 Å². The van der Waals surface area contributed by atoms with Crippen LogP contribution >= 0.6 is 24.0 Å². The minimum Gasteiger partial charge on any atom is -0.492 e. The number of aryl methyl sites for hydroxylation is 2. The van der Waals surface area contributed by atoms with Crippen molar-refractivity contribution in [3.05, 3.63) is 29.3 Å². The molecule has 5 nitrogen and oxygen atoms in total. The van der Waals surface area contributed by atoms with Gasteiger partial charge in [0, 0.05) is 7.05 Å². The molecule has 24 heavy (non-hydrogen) atoms. The van der Waals surface area contributed by atoms with E-state index >= 15 is 0 Å². The number of halogens is 1. The molecule has 3 atom stereocenters. The van der Waals surface area contributed by atoms with E-state index in [9.17, 15) is 0 Å². The summed E-state index contributed by atoms with van der Waals surface area (Å²) in [5, 5.41) is 6.79. The van der Waals surface area contributed by atoms with E-state index in [-0.39, 0.29) is 24.0 Å². The summed E-state index contributed by atoms with van der Waals surface area (Å²) >= 11 is 0. The fourth-order valence-electron chi connectivity index (χ4n) is 3.51. The zero-order valence-corrected chi connectivity index (χ0v) is 17.0. The summed E-state index contributed by atoms with van der Waals surface area (Å²) < 4.78 is 11.7. The van der Waals surface area contributed by atoms with Crippen LogP contribution in [0.4, 0.5) is 0 Å². The predicted octanol–water partition coefficient (Wildman–Crippen LogP) is 2.79. The number of nitrogens with zero attached hydrogens (tertiary/aromatic N) is 1. The summed E-state index contributed by atoms with van der Waals surface area (Å²) in [6.07, 6.45) is 4.26. The number of nitrogens with one attached hydrogen (secondary N) is 2. The second-order valence-electron chi connectivity index (χ2n) is 6.53. The Labute approximate surface area is 161 Å². The maximum Gasteiger partial charge on any atom is 0.191 e. The summed E-state index contributed by atoms with van der Waals surface area (Å²) in [6, 6.07) is 6.66. The van der Waals surface area contributed by atoms with Crippen LogP contribution in [0, 0.1) is 13.8 Å². The van der Waals surface area contributed by atoms with E-state index in [1.54, 1.807) is 7.05 Å². The largest absolute Gasteiger partial charge is 0.492 e. The van der Waals surface area contributed by atoms with E-state index < -0.39 is 0 Å². The average Bonchev–Trinajstić information content (AvgIpc) is 3.12. The first kappa shape index (κ1) is 19.3.